The number of fused-ring (bicyclic) bond motifs is 1. The molecule has 2 aromatic heterocycles. The SMILES string of the molecule is Cn1ccn2nc(-c3ccccc3)c(CN)c12. The zero-order valence-electron chi connectivity index (χ0n) is 9.67. The molecular formula is C13H14N4. The molecule has 2 heterocycles. The Hall–Kier alpha value is -2.07. The molecule has 0 unspecified atom stereocenters. The van der Waals surface area contributed by atoms with Gasteiger partial charge in [0, 0.05) is 37.1 Å². The van der Waals surface area contributed by atoms with E-state index in [0.29, 0.717) is 6.54 Å². The first kappa shape index (κ1) is 10.1. The van der Waals surface area contributed by atoms with Crippen molar-refractivity contribution in [1.82, 2.24) is 14.2 Å². The molecule has 0 aliphatic rings. The monoisotopic (exact) mass is 226 g/mol. The molecule has 0 aliphatic heterocycles. The molecule has 1 aromatic carbocycles. The molecule has 3 aromatic rings. The van der Waals surface area contributed by atoms with Crippen LogP contribution in [-0.4, -0.2) is 14.2 Å². The van der Waals surface area contributed by atoms with Gasteiger partial charge in [-0.2, -0.15) is 5.10 Å². The maximum Gasteiger partial charge on any atom is 0.140 e. The summed E-state index contributed by atoms with van der Waals surface area (Å²) in [6, 6.07) is 10.1. The van der Waals surface area contributed by atoms with Crippen molar-refractivity contribution < 1.29 is 0 Å². The van der Waals surface area contributed by atoms with Crippen molar-refractivity contribution in [1.29, 1.82) is 0 Å². The van der Waals surface area contributed by atoms with Crippen molar-refractivity contribution in [2.75, 3.05) is 0 Å². The van der Waals surface area contributed by atoms with Crippen LogP contribution in [0.15, 0.2) is 42.7 Å². The highest BCUT2D eigenvalue weighted by Crippen LogP contribution is 2.25. The molecule has 86 valence electrons. The number of benzene rings is 1. The highest BCUT2D eigenvalue weighted by atomic mass is 15.3. The summed E-state index contributed by atoms with van der Waals surface area (Å²) in [5.41, 5.74) is 10.1. The van der Waals surface area contributed by atoms with E-state index in [2.05, 4.69) is 17.2 Å². The molecule has 0 aliphatic carbocycles. The van der Waals surface area contributed by atoms with Gasteiger partial charge < -0.3 is 10.3 Å². The number of nitrogens with two attached hydrogens (primary N) is 1. The highest BCUT2D eigenvalue weighted by molar-refractivity contribution is 5.70. The summed E-state index contributed by atoms with van der Waals surface area (Å²) in [6.45, 7) is 0.492. The molecule has 0 saturated heterocycles. The lowest BCUT2D eigenvalue weighted by Crippen LogP contribution is -2.00. The largest absolute Gasteiger partial charge is 0.334 e. The first-order valence-electron chi connectivity index (χ1n) is 5.59. The van der Waals surface area contributed by atoms with E-state index < -0.39 is 0 Å². The third-order valence-electron chi connectivity index (χ3n) is 3.00. The van der Waals surface area contributed by atoms with Gasteiger partial charge in [-0.05, 0) is 0 Å². The van der Waals surface area contributed by atoms with Crippen molar-refractivity contribution in [2.24, 2.45) is 12.8 Å². The number of imidazole rings is 1. The Morgan fingerprint density at radius 3 is 2.65 bits per heavy atom. The van der Waals surface area contributed by atoms with Gasteiger partial charge in [-0.1, -0.05) is 30.3 Å². The second kappa shape index (κ2) is 3.75. The van der Waals surface area contributed by atoms with Crippen LogP contribution in [0.3, 0.4) is 0 Å². The summed E-state index contributed by atoms with van der Waals surface area (Å²) in [6.07, 6.45) is 3.93. The maximum atomic E-state index is 5.86. The van der Waals surface area contributed by atoms with Gasteiger partial charge >= 0.3 is 0 Å². The fourth-order valence-corrected chi connectivity index (χ4v) is 2.19. The van der Waals surface area contributed by atoms with Gasteiger partial charge in [0.2, 0.25) is 0 Å². The van der Waals surface area contributed by atoms with Crippen LogP contribution in [0.1, 0.15) is 5.56 Å². The van der Waals surface area contributed by atoms with Gasteiger partial charge in [0.05, 0.1) is 5.69 Å². The molecular weight excluding hydrogens is 212 g/mol. The molecule has 0 spiro atoms. The molecule has 4 heteroatoms. The van der Waals surface area contributed by atoms with E-state index in [-0.39, 0.29) is 0 Å². The minimum absolute atomic E-state index is 0.492. The Bertz CT molecular complexity index is 649. The summed E-state index contributed by atoms with van der Waals surface area (Å²) in [7, 11) is 2.00. The van der Waals surface area contributed by atoms with Crippen molar-refractivity contribution >= 4 is 5.65 Å². The van der Waals surface area contributed by atoms with Gasteiger partial charge in [-0.15, -0.1) is 0 Å². The molecule has 0 atom stereocenters. The highest BCUT2D eigenvalue weighted by Gasteiger charge is 2.14. The van der Waals surface area contributed by atoms with E-state index in [0.717, 1.165) is 22.5 Å². The van der Waals surface area contributed by atoms with Crippen LogP contribution in [0, 0.1) is 0 Å². The van der Waals surface area contributed by atoms with Crippen LogP contribution in [-0.2, 0) is 13.6 Å². The lowest BCUT2D eigenvalue weighted by molar-refractivity contribution is 0.922. The lowest BCUT2D eigenvalue weighted by atomic mass is 10.1. The minimum atomic E-state index is 0.492. The number of rotatable bonds is 2. The first-order chi connectivity index (χ1) is 8.31. The van der Waals surface area contributed by atoms with Crippen molar-refractivity contribution in [3.05, 3.63) is 48.3 Å². The third-order valence-corrected chi connectivity index (χ3v) is 3.00. The van der Waals surface area contributed by atoms with Crippen molar-refractivity contribution in [3.8, 4) is 11.3 Å². The quantitative estimate of drug-likeness (QED) is 0.724. The Balaban J connectivity index is 2.30. The number of aromatic nitrogens is 3. The van der Waals surface area contributed by atoms with E-state index in [4.69, 9.17) is 5.73 Å². The fourth-order valence-electron chi connectivity index (χ4n) is 2.19. The van der Waals surface area contributed by atoms with Crippen LogP contribution in [0.25, 0.3) is 16.9 Å². The molecule has 0 radical (unpaired) electrons. The Morgan fingerprint density at radius 2 is 1.94 bits per heavy atom. The predicted octanol–water partition coefficient (Wildman–Crippen LogP) is 1.80. The number of aryl methyl sites for hydroxylation is 1. The van der Waals surface area contributed by atoms with Gasteiger partial charge in [0.25, 0.3) is 0 Å². The average Bonchev–Trinajstić information content (AvgIpc) is 2.91. The average molecular weight is 226 g/mol. The van der Waals surface area contributed by atoms with Gasteiger partial charge in [-0.3, -0.25) is 0 Å². The second-order valence-corrected chi connectivity index (χ2v) is 4.07. The van der Waals surface area contributed by atoms with Crippen molar-refractivity contribution in [2.45, 2.75) is 6.54 Å². The van der Waals surface area contributed by atoms with E-state index >= 15 is 0 Å². The van der Waals surface area contributed by atoms with Crippen LogP contribution in [0.2, 0.25) is 0 Å². The standard InChI is InChI=1S/C13H14N4/c1-16-7-8-17-13(16)11(9-14)12(15-17)10-5-3-2-4-6-10/h2-8H,9,14H2,1H3. The summed E-state index contributed by atoms with van der Waals surface area (Å²) in [5, 5.41) is 4.59. The second-order valence-electron chi connectivity index (χ2n) is 4.07. The minimum Gasteiger partial charge on any atom is -0.334 e. The number of nitrogens with zero attached hydrogens (tertiary/aromatic N) is 3. The zero-order chi connectivity index (χ0) is 11.8. The molecule has 17 heavy (non-hydrogen) atoms. The Kier molecular flexibility index (Phi) is 2.23. The van der Waals surface area contributed by atoms with Crippen LogP contribution in [0.4, 0.5) is 0 Å². The van der Waals surface area contributed by atoms with Gasteiger partial charge in [-0.25, -0.2) is 4.52 Å². The molecule has 0 saturated carbocycles. The van der Waals surface area contributed by atoms with E-state index in [1.54, 1.807) is 0 Å². The van der Waals surface area contributed by atoms with Crippen LogP contribution < -0.4 is 5.73 Å². The fraction of sp³-hybridized carbons (Fsp3) is 0.154. The summed E-state index contributed by atoms with van der Waals surface area (Å²) < 4.78 is 3.92. The summed E-state index contributed by atoms with van der Waals surface area (Å²) in [5.74, 6) is 0. The molecule has 3 rings (SSSR count). The first-order valence-corrected chi connectivity index (χ1v) is 5.59. The number of hydrogen-bond acceptors (Lipinski definition) is 2. The molecule has 2 N–H and O–H groups in total. The summed E-state index contributed by atoms with van der Waals surface area (Å²) in [4.78, 5) is 0. The molecule has 0 fully saturated rings. The van der Waals surface area contributed by atoms with Crippen molar-refractivity contribution in [3.63, 3.8) is 0 Å². The Labute approximate surface area is 99.3 Å². The zero-order valence-corrected chi connectivity index (χ0v) is 9.67. The van der Waals surface area contributed by atoms with E-state index in [1.807, 2.05) is 46.7 Å². The number of hydrogen-bond donors (Lipinski definition) is 1. The molecule has 0 bridgehead atoms. The van der Waals surface area contributed by atoms with Gasteiger partial charge in [0.1, 0.15) is 5.65 Å². The Morgan fingerprint density at radius 1 is 1.18 bits per heavy atom. The third kappa shape index (κ3) is 1.45. The molecule has 4 nitrogen and oxygen atoms in total. The topological polar surface area (TPSA) is 48.2 Å². The van der Waals surface area contributed by atoms with E-state index in [9.17, 15) is 0 Å². The normalized spacial score (nSPS) is 11.2. The lowest BCUT2D eigenvalue weighted by Gasteiger charge is -2.00. The van der Waals surface area contributed by atoms with Gasteiger partial charge in [0.15, 0.2) is 0 Å². The van der Waals surface area contributed by atoms with Crippen LogP contribution in [0.5, 0.6) is 0 Å². The smallest absolute Gasteiger partial charge is 0.140 e. The van der Waals surface area contributed by atoms with E-state index in [1.165, 1.54) is 0 Å². The predicted molar refractivity (Wildman–Crippen MR) is 67.5 cm³/mol. The summed E-state index contributed by atoms with van der Waals surface area (Å²) >= 11 is 0. The van der Waals surface area contributed by atoms with Crippen LogP contribution >= 0.6 is 0 Å². The molecule has 0 amide bonds. The maximum absolute atomic E-state index is 5.86.